The SMILES string of the molecule is C=CC(=O)Nc1ccc(C(=O)N2CCCN(C(=O)c3ccc(Cl)cc3)CC2)cc1. The fourth-order valence-corrected chi connectivity index (χ4v) is 3.30. The van der Waals surface area contributed by atoms with Crippen LogP contribution in [0.4, 0.5) is 5.69 Å². The Hall–Kier alpha value is -3.12. The Balaban J connectivity index is 1.62. The molecule has 0 saturated carbocycles. The van der Waals surface area contributed by atoms with Crippen molar-refractivity contribution in [3.05, 3.63) is 77.3 Å². The molecule has 2 aromatic rings. The summed E-state index contributed by atoms with van der Waals surface area (Å²) in [6.07, 6.45) is 1.89. The molecule has 3 amide bonds. The third-order valence-corrected chi connectivity index (χ3v) is 5.00. The molecule has 1 aliphatic rings. The minimum atomic E-state index is -0.304. The van der Waals surface area contributed by atoms with Gasteiger partial charge in [-0.25, -0.2) is 0 Å². The van der Waals surface area contributed by atoms with E-state index in [0.717, 1.165) is 0 Å². The smallest absolute Gasteiger partial charge is 0.253 e. The Morgan fingerprint density at radius 1 is 0.828 bits per heavy atom. The fourth-order valence-electron chi connectivity index (χ4n) is 3.17. The third-order valence-electron chi connectivity index (χ3n) is 4.75. The Kier molecular flexibility index (Phi) is 6.67. The van der Waals surface area contributed by atoms with Gasteiger partial charge in [-0.15, -0.1) is 0 Å². The molecule has 0 unspecified atom stereocenters. The number of hydrogen-bond donors (Lipinski definition) is 1. The molecule has 1 fully saturated rings. The highest BCUT2D eigenvalue weighted by molar-refractivity contribution is 6.30. The fraction of sp³-hybridized carbons (Fsp3) is 0.227. The summed E-state index contributed by atoms with van der Waals surface area (Å²) < 4.78 is 0. The van der Waals surface area contributed by atoms with Crippen LogP contribution in [0.5, 0.6) is 0 Å². The van der Waals surface area contributed by atoms with Crippen molar-refractivity contribution in [3.63, 3.8) is 0 Å². The lowest BCUT2D eigenvalue weighted by atomic mass is 10.1. The van der Waals surface area contributed by atoms with Gasteiger partial charge in [0.1, 0.15) is 0 Å². The molecular weight excluding hydrogens is 390 g/mol. The van der Waals surface area contributed by atoms with Gasteiger partial charge in [0.25, 0.3) is 11.8 Å². The number of hydrogen-bond acceptors (Lipinski definition) is 3. The van der Waals surface area contributed by atoms with E-state index in [4.69, 9.17) is 11.6 Å². The van der Waals surface area contributed by atoms with Gasteiger partial charge in [0, 0.05) is 48.0 Å². The molecule has 29 heavy (non-hydrogen) atoms. The molecule has 3 rings (SSSR count). The molecule has 150 valence electrons. The average molecular weight is 412 g/mol. The minimum Gasteiger partial charge on any atom is -0.337 e. The van der Waals surface area contributed by atoms with Crippen LogP contribution < -0.4 is 5.32 Å². The number of carbonyl (C=O) groups excluding carboxylic acids is 3. The van der Waals surface area contributed by atoms with Gasteiger partial charge < -0.3 is 15.1 Å². The van der Waals surface area contributed by atoms with Crippen LogP contribution in [0, 0.1) is 0 Å². The molecule has 0 radical (unpaired) electrons. The van der Waals surface area contributed by atoms with Gasteiger partial charge in [-0.1, -0.05) is 18.2 Å². The molecule has 1 N–H and O–H groups in total. The van der Waals surface area contributed by atoms with Crippen LogP contribution in [0.25, 0.3) is 0 Å². The van der Waals surface area contributed by atoms with Crippen molar-refractivity contribution in [1.82, 2.24) is 9.80 Å². The van der Waals surface area contributed by atoms with E-state index in [1.54, 1.807) is 58.3 Å². The largest absolute Gasteiger partial charge is 0.337 e. The average Bonchev–Trinajstić information content (AvgIpc) is 3.00. The lowest BCUT2D eigenvalue weighted by molar-refractivity contribution is -0.111. The van der Waals surface area contributed by atoms with E-state index in [-0.39, 0.29) is 17.7 Å². The maximum absolute atomic E-state index is 12.8. The molecule has 7 heteroatoms. The van der Waals surface area contributed by atoms with Crippen LogP contribution in [-0.2, 0) is 4.79 Å². The van der Waals surface area contributed by atoms with E-state index in [2.05, 4.69) is 11.9 Å². The predicted molar refractivity (Wildman–Crippen MR) is 113 cm³/mol. The number of nitrogens with zero attached hydrogens (tertiary/aromatic N) is 2. The van der Waals surface area contributed by atoms with Crippen molar-refractivity contribution in [3.8, 4) is 0 Å². The maximum atomic E-state index is 12.8. The number of anilines is 1. The monoisotopic (exact) mass is 411 g/mol. The van der Waals surface area contributed by atoms with E-state index >= 15 is 0 Å². The highest BCUT2D eigenvalue weighted by atomic mass is 35.5. The van der Waals surface area contributed by atoms with E-state index < -0.39 is 0 Å². The lowest BCUT2D eigenvalue weighted by Crippen LogP contribution is -2.37. The summed E-state index contributed by atoms with van der Waals surface area (Å²) in [5.74, 6) is -0.451. The molecule has 0 atom stereocenters. The summed E-state index contributed by atoms with van der Waals surface area (Å²) in [6, 6.07) is 13.6. The van der Waals surface area contributed by atoms with Crippen LogP contribution in [0.3, 0.4) is 0 Å². The van der Waals surface area contributed by atoms with Gasteiger partial charge >= 0.3 is 0 Å². The number of amides is 3. The summed E-state index contributed by atoms with van der Waals surface area (Å²) in [6.45, 7) is 5.52. The Morgan fingerprint density at radius 3 is 1.79 bits per heavy atom. The third kappa shape index (κ3) is 5.23. The van der Waals surface area contributed by atoms with E-state index in [1.807, 2.05) is 0 Å². The second-order valence-corrected chi connectivity index (χ2v) is 7.15. The van der Waals surface area contributed by atoms with Crippen molar-refractivity contribution >= 4 is 35.0 Å². The second-order valence-electron chi connectivity index (χ2n) is 6.72. The number of carbonyl (C=O) groups is 3. The zero-order chi connectivity index (χ0) is 20.8. The number of nitrogens with one attached hydrogen (secondary N) is 1. The lowest BCUT2D eigenvalue weighted by Gasteiger charge is -2.22. The molecule has 1 saturated heterocycles. The molecule has 1 heterocycles. The molecular formula is C22H22ClN3O3. The van der Waals surface area contributed by atoms with E-state index in [0.29, 0.717) is 54.4 Å². The highest BCUT2D eigenvalue weighted by Gasteiger charge is 2.23. The van der Waals surface area contributed by atoms with Crippen molar-refractivity contribution in [1.29, 1.82) is 0 Å². The minimum absolute atomic E-state index is 0.0571. The topological polar surface area (TPSA) is 69.7 Å². The van der Waals surface area contributed by atoms with Gasteiger partial charge in [0.05, 0.1) is 0 Å². The molecule has 6 nitrogen and oxygen atoms in total. The summed E-state index contributed by atoms with van der Waals surface area (Å²) >= 11 is 5.89. The Morgan fingerprint density at radius 2 is 1.31 bits per heavy atom. The molecule has 2 aromatic carbocycles. The van der Waals surface area contributed by atoms with Crippen LogP contribution in [-0.4, -0.2) is 53.7 Å². The van der Waals surface area contributed by atoms with Gasteiger partial charge in [-0.2, -0.15) is 0 Å². The standard InChI is InChI=1S/C22H22ClN3O3/c1-2-20(27)24-19-10-6-17(7-11-19)22(29)26-13-3-12-25(14-15-26)21(28)16-4-8-18(23)9-5-16/h2,4-11H,1,3,12-15H2,(H,24,27). The first-order valence-corrected chi connectivity index (χ1v) is 9.73. The van der Waals surface area contributed by atoms with Gasteiger partial charge in [-0.3, -0.25) is 14.4 Å². The summed E-state index contributed by atoms with van der Waals surface area (Å²) in [4.78, 5) is 40.4. The summed E-state index contributed by atoms with van der Waals surface area (Å²) in [5.41, 5.74) is 1.73. The van der Waals surface area contributed by atoms with E-state index in [9.17, 15) is 14.4 Å². The van der Waals surface area contributed by atoms with Crippen molar-refractivity contribution in [2.45, 2.75) is 6.42 Å². The van der Waals surface area contributed by atoms with Crippen molar-refractivity contribution in [2.75, 3.05) is 31.5 Å². The first-order chi connectivity index (χ1) is 14.0. The van der Waals surface area contributed by atoms with Crippen LogP contribution in [0.15, 0.2) is 61.2 Å². The second kappa shape index (κ2) is 9.39. The zero-order valence-electron chi connectivity index (χ0n) is 15.9. The maximum Gasteiger partial charge on any atom is 0.253 e. The van der Waals surface area contributed by atoms with Gasteiger partial charge in [0.15, 0.2) is 0 Å². The number of rotatable bonds is 4. The first-order valence-electron chi connectivity index (χ1n) is 9.35. The summed E-state index contributed by atoms with van der Waals surface area (Å²) in [5, 5.41) is 3.24. The molecule has 0 spiro atoms. The zero-order valence-corrected chi connectivity index (χ0v) is 16.7. The van der Waals surface area contributed by atoms with E-state index in [1.165, 1.54) is 6.08 Å². The van der Waals surface area contributed by atoms with Crippen molar-refractivity contribution in [2.24, 2.45) is 0 Å². The molecule has 1 aliphatic heterocycles. The van der Waals surface area contributed by atoms with Crippen LogP contribution >= 0.6 is 11.6 Å². The molecule has 0 bridgehead atoms. The Labute approximate surface area is 174 Å². The van der Waals surface area contributed by atoms with Crippen LogP contribution in [0.1, 0.15) is 27.1 Å². The molecule has 0 aliphatic carbocycles. The predicted octanol–water partition coefficient (Wildman–Crippen LogP) is 3.45. The van der Waals surface area contributed by atoms with Gasteiger partial charge in [0.2, 0.25) is 5.91 Å². The Bertz CT molecular complexity index is 910. The molecule has 0 aromatic heterocycles. The summed E-state index contributed by atoms with van der Waals surface area (Å²) in [7, 11) is 0. The highest BCUT2D eigenvalue weighted by Crippen LogP contribution is 2.16. The number of halogens is 1. The number of benzene rings is 2. The normalized spacial score (nSPS) is 14.1. The quantitative estimate of drug-likeness (QED) is 0.783. The van der Waals surface area contributed by atoms with Crippen molar-refractivity contribution < 1.29 is 14.4 Å². The van der Waals surface area contributed by atoms with Crippen LogP contribution in [0.2, 0.25) is 5.02 Å². The van der Waals surface area contributed by atoms with Gasteiger partial charge in [-0.05, 0) is 61.0 Å². The first kappa shape index (κ1) is 20.6.